The predicted octanol–water partition coefficient (Wildman–Crippen LogP) is -0.793. The molecule has 0 amide bonds. The number of piperidine rings is 1. The van der Waals surface area contributed by atoms with Crippen molar-refractivity contribution in [1.82, 2.24) is 19.6 Å². The summed E-state index contributed by atoms with van der Waals surface area (Å²) >= 11 is 0. The maximum Gasteiger partial charge on any atom is 0.257 e. The molecule has 0 saturated carbocycles. The monoisotopic (exact) mass is 316 g/mol. The normalized spacial score (nSPS) is 19.0. The fourth-order valence-electron chi connectivity index (χ4n) is 2.29. The lowest BCUT2D eigenvalue weighted by Crippen LogP contribution is -2.46. The molecule has 0 radical (unpaired) electrons. The number of aromatic amines is 1. The number of sulfonamides is 1. The Kier molecular flexibility index (Phi) is 4.80. The Balaban J connectivity index is 1.89. The molecule has 1 aromatic rings. The van der Waals surface area contributed by atoms with Gasteiger partial charge in [0.25, 0.3) is 10.0 Å². The number of nitrogens with one attached hydrogen (secondary N) is 2. The number of nitrogens with zero attached hydrogens (tertiary/aromatic N) is 3. The van der Waals surface area contributed by atoms with E-state index in [1.807, 2.05) is 4.90 Å². The minimum atomic E-state index is -3.56. The molecule has 0 atom stereocenters. The molecule has 0 spiro atoms. The zero-order valence-electron chi connectivity index (χ0n) is 11.8. The highest BCUT2D eigenvalue weighted by atomic mass is 32.2. The lowest BCUT2D eigenvalue weighted by molar-refractivity contribution is 0.228. The summed E-state index contributed by atoms with van der Waals surface area (Å²) in [7, 11) is -3.56. The molecule has 118 valence electrons. The molecule has 1 aliphatic rings. The number of aryl methyl sites for hydroxylation is 1. The topological polar surface area (TPSA) is 137 Å². The standard InChI is InChI=1S/C11H20N6O3S/c1-8-13-6-11(14-8)21(19,20)16-9-2-4-17(5-3-9)7-10(12)15-18/h6,9,16,18H,2-5,7H2,1H3,(H2,12,15)(H,13,14). The van der Waals surface area contributed by atoms with Crippen molar-refractivity contribution in [1.29, 1.82) is 0 Å². The van der Waals surface area contributed by atoms with Crippen molar-refractivity contribution in [2.75, 3.05) is 19.6 Å². The summed E-state index contributed by atoms with van der Waals surface area (Å²) in [6.07, 6.45) is 2.65. The quantitative estimate of drug-likeness (QED) is 0.243. The van der Waals surface area contributed by atoms with Gasteiger partial charge in [0.15, 0.2) is 10.9 Å². The molecule has 21 heavy (non-hydrogen) atoms. The van der Waals surface area contributed by atoms with Crippen LogP contribution in [0.25, 0.3) is 0 Å². The first-order valence-corrected chi connectivity index (χ1v) is 8.11. The van der Waals surface area contributed by atoms with Crippen LogP contribution in [0.15, 0.2) is 16.4 Å². The maximum atomic E-state index is 12.2. The second-order valence-corrected chi connectivity index (χ2v) is 6.78. The Hall–Kier alpha value is -1.65. The van der Waals surface area contributed by atoms with Crippen molar-refractivity contribution in [3.05, 3.63) is 12.0 Å². The van der Waals surface area contributed by atoms with E-state index in [4.69, 9.17) is 10.9 Å². The number of oxime groups is 1. The maximum absolute atomic E-state index is 12.2. The molecule has 9 nitrogen and oxygen atoms in total. The summed E-state index contributed by atoms with van der Waals surface area (Å²) in [5.74, 6) is 0.714. The van der Waals surface area contributed by atoms with E-state index >= 15 is 0 Å². The van der Waals surface area contributed by atoms with Crippen molar-refractivity contribution < 1.29 is 13.6 Å². The number of H-pyrrole nitrogens is 1. The van der Waals surface area contributed by atoms with Crippen LogP contribution in [-0.4, -0.2) is 60.0 Å². The van der Waals surface area contributed by atoms with Crippen LogP contribution in [0.3, 0.4) is 0 Å². The summed E-state index contributed by atoms with van der Waals surface area (Å²) in [5.41, 5.74) is 5.45. The third-order valence-corrected chi connectivity index (χ3v) is 4.82. The van der Waals surface area contributed by atoms with Gasteiger partial charge in [-0.2, -0.15) is 0 Å². The molecule has 0 unspecified atom stereocenters. The van der Waals surface area contributed by atoms with Crippen molar-refractivity contribution in [3.63, 3.8) is 0 Å². The van der Waals surface area contributed by atoms with E-state index in [9.17, 15) is 8.42 Å². The van der Waals surface area contributed by atoms with Gasteiger partial charge in [-0.1, -0.05) is 5.16 Å². The molecule has 0 aliphatic carbocycles. The van der Waals surface area contributed by atoms with Gasteiger partial charge < -0.3 is 15.9 Å². The third kappa shape index (κ3) is 4.16. The van der Waals surface area contributed by atoms with Crippen LogP contribution in [0.1, 0.15) is 18.7 Å². The molecule has 1 fully saturated rings. The number of hydrogen-bond acceptors (Lipinski definition) is 6. The van der Waals surface area contributed by atoms with Crippen LogP contribution < -0.4 is 10.5 Å². The van der Waals surface area contributed by atoms with Gasteiger partial charge in [-0.05, 0) is 19.8 Å². The first kappa shape index (κ1) is 15.7. The van der Waals surface area contributed by atoms with Gasteiger partial charge in [0, 0.05) is 19.1 Å². The second kappa shape index (κ2) is 6.41. The molecule has 5 N–H and O–H groups in total. The highest BCUT2D eigenvalue weighted by Gasteiger charge is 2.25. The smallest absolute Gasteiger partial charge is 0.257 e. The molecule has 10 heteroatoms. The molecular weight excluding hydrogens is 296 g/mol. The van der Waals surface area contributed by atoms with E-state index in [1.54, 1.807) is 6.92 Å². The Morgan fingerprint density at radius 1 is 1.62 bits per heavy atom. The lowest BCUT2D eigenvalue weighted by atomic mass is 10.1. The number of amidine groups is 1. The SMILES string of the molecule is Cc1ncc(S(=O)(=O)NC2CCN(CC(N)=NO)CC2)[nH]1. The van der Waals surface area contributed by atoms with E-state index < -0.39 is 10.0 Å². The second-order valence-electron chi connectivity index (χ2n) is 5.10. The van der Waals surface area contributed by atoms with E-state index in [1.165, 1.54) is 6.20 Å². The number of nitrogens with two attached hydrogens (primary N) is 1. The minimum Gasteiger partial charge on any atom is -0.409 e. The van der Waals surface area contributed by atoms with Crippen LogP contribution in [-0.2, 0) is 10.0 Å². The summed E-state index contributed by atoms with van der Waals surface area (Å²) in [6, 6.07) is -0.123. The number of aromatic nitrogens is 2. The summed E-state index contributed by atoms with van der Waals surface area (Å²) in [4.78, 5) is 8.63. The van der Waals surface area contributed by atoms with E-state index in [2.05, 4.69) is 19.8 Å². The Morgan fingerprint density at radius 3 is 2.81 bits per heavy atom. The van der Waals surface area contributed by atoms with Gasteiger partial charge >= 0.3 is 0 Å². The fourth-order valence-corrected chi connectivity index (χ4v) is 3.56. The highest BCUT2D eigenvalue weighted by Crippen LogP contribution is 2.13. The lowest BCUT2D eigenvalue weighted by Gasteiger charge is -2.31. The first-order chi connectivity index (χ1) is 9.90. The average molecular weight is 316 g/mol. The van der Waals surface area contributed by atoms with Crippen LogP contribution in [0.5, 0.6) is 0 Å². The average Bonchev–Trinajstić information content (AvgIpc) is 2.88. The molecule has 0 bridgehead atoms. The summed E-state index contributed by atoms with van der Waals surface area (Å²) in [5, 5.41) is 11.5. The van der Waals surface area contributed by atoms with Gasteiger partial charge in [-0.15, -0.1) is 0 Å². The van der Waals surface area contributed by atoms with Gasteiger partial charge in [-0.3, -0.25) is 4.90 Å². The predicted molar refractivity (Wildman–Crippen MR) is 76.5 cm³/mol. The van der Waals surface area contributed by atoms with Crippen molar-refractivity contribution in [2.24, 2.45) is 10.9 Å². The molecule has 2 rings (SSSR count). The number of likely N-dealkylation sites (tertiary alicyclic amines) is 1. The summed E-state index contributed by atoms with van der Waals surface area (Å²) in [6.45, 7) is 3.46. The van der Waals surface area contributed by atoms with Crippen LogP contribution in [0.2, 0.25) is 0 Å². The molecule has 1 aliphatic heterocycles. The molecule has 0 aromatic carbocycles. The zero-order chi connectivity index (χ0) is 15.5. The van der Waals surface area contributed by atoms with E-state index in [0.717, 1.165) is 0 Å². The first-order valence-electron chi connectivity index (χ1n) is 6.63. The van der Waals surface area contributed by atoms with Crippen LogP contribution >= 0.6 is 0 Å². The Morgan fingerprint density at radius 2 is 2.29 bits per heavy atom. The molecule has 1 aromatic heterocycles. The summed E-state index contributed by atoms with van der Waals surface area (Å²) < 4.78 is 27.0. The van der Waals surface area contributed by atoms with Gasteiger partial charge in [-0.25, -0.2) is 18.1 Å². The minimum absolute atomic E-state index is 0.0825. The highest BCUT2D eigenvalue weighted by molar-refractivity contribution is 7.89. The third-order valence-electron chi connectivity index (χ3n) is 3.39. The van der Waals surface area contributed by atoms with Crippen molar-refractivity contribution >= 4 is 15.9 Å². The van der Waals surface area contributed by atoms with Gasteiger partial charge in [0.05, 0.1) is 12.7 Å². The van der Waals surface area contributed by atoms with Crippen molar-refractivity contribution in [3.8, 4) is 0 Å². The van der Waals surface area contributed by atoms with Crippen molar-refractivity contribution in [2.45, 2.75) is 30.8 Å². The van der Waals surface area contributed by atoms with Gasteiger partial charge in [0.1, 0.15) is 5.82 Å². The Labute approximate surface area is 123 Å². The number of imidazole rings is 1. The molecule has 1 saturated heterocycles. The van der Waals surface area contributed by atoms with Gasteiger partial charge in [0.2, 0.25) is 0 Å². The van der Waals surface area contributed by atoms with E-state index in [-0.39, 0.29) is 16.9 Å². The van der Waals surface area contributed by atoms with E-state index in [0.29, 0.717) is 38.3 Å². The van der Waals surface area contributed by atoms with Crippen LogP contribution in [0.4, 0.5) is 0 Å². The number of hydrogen-bond donors (Lipinski definition) is 4. The Bertz CT molecular complexity index is 603. The fraction of sp³-hybridized carbons (Fsp3) is 0.636. The zero-order valence-corrected chi connectivity index (χ0v) is 12.6. The largest absolute Gasteiger partial charge is 0.409 e. The van der Waals surface area contributed by atoms with Crippen LogP contribution in [0, 0.1) is 6.92 Å². The molecular formula is C11H20N6O3S. The molecule has 2 heterocycles. The number of rotatable bonds is 5.